The second kappa shape index (κ2) is 5.40. The Bertz CT molecular complexity index is 588. The van der Waals surface area contributed by atoms with Crippen molar-refractivity contribution < 1.29 is 23.2 Å². The van der Waals surface area contributed by atoms with E-state index in [2.05, 4.69) is 0 Å². The Morgan fingerprint density at radius 2 is 2.10 bits per heavy atom. The highest BCUT2D eigenvalue weighted by Gasteiger charge is 2.38. The molecule has 2 amide bonds. The van der Waals surface area contributed by atoms with Gasteiger partial charge in [0.05, 0.1) is 19.1 Å². The first-order chi connectivity index (χ1) is 10.1. The lowest BCUT2D eigenvalue weighted by Crippen LogP contribution is -2.34. The monoisotopic (exact) mass is 296 g/mol. The average molecular weight is 296 g/mol. The molecule has 0 aromatic heterocycles. The number of amides is 2. The van der Waals surface area contributed by atoms with Gasteiger partial charge in [0, 0.05) is 24.7 Å². The van der Waals surface area contributed by atoms with E-state index in [1.807, 2.05) is 0 Å². The standard InChI is InChI=1S/C14H14F2N2O3/c15-11-3-2-10(7-12(11)16)17-8-9(6-13(17)19)14(20)18-4-1-5-21-18/h2-3,7,9H,1,4-6,8H2. The van der Waals surface area contributed by atoms with Gasteiger partial charge in [-0.2, -0.15) is 0 Å². The number of hydroxylamine groups is 2. The molecule has 0 aliphatic carbocycles. The van der Waals surface area contributed by atoms with E-state index in [1.54, 1.807) is 0 Å². The number of nitrogens with zero attached hydrogens (tertiary/aromatic N) is 2. The van der Waals surface area contributed by atoms with Crippen LogP contribution in [0.25, 0.3) is 0 Å². The normalized spacial score (nSPS) is 22.2. The lowest BCUT2D eigenvalue weighted by molar-refractivity contribution is -0.172. The third-order valence-electron chi connectivity index (χ3n) is 3.69. The van der Waals surface area contributed by atoms with E-state index in [1.165, 1.54) is 16.0 Å². The van der Waals surface area contributed by atoms with Crippen LogP contribution in [0, 0.1) is 17.6 Å². The summed E-state index contributed by atoms with van der Waals surface area (Å²) < 4.78 is 26.2. The van der Waals surface area contributed by atoms with Crippen LogP contribution in [0.1, 0.15) is 12.8 Å². The van der Waals surface area contributed by atoms with Crippen LogP contribution in [-0.4, -0.2) is 36.6 Å². The van der Waals surface area contributed by atoms with E-state index >= 15 is 0 Å². The van der Waals surface area contributed by atoms with Crippen molar-refractivity contribution in [2.75, 3.05) is 24.6 Å². The molecule has 0 saturated carbocycles. The van der Waals surface area contributed by atoms with Gasteiger partial charge >= 0.3 is 0 Å². The topological polar surface area (TPSA) is 49.9 Å². The van der Waals surface area contributed by atoms with Gasteiger partial charge in [-0.15, -0.1) is 0 Å². The summed E-state index contributed by atoms with van der Waals surface area (Å²) in [6.45, 7) is 1.18. The maximum Gasteiger partial charge on any atom is 0.251 e. The first-order valence-corrected chi connectivity index (χ1v) is 6.76. The minimum Gasteiger partial charge on any atom is -0.311 e. The van der Waals surface area contributed by atoms with E-state index < -0.39 is 17.6 Å². The highest BCUT2D eigenvalue weighted by Crippen LogP contribution is 2.28. The molecule has 1 unspecified atom stereocenters. The lowest BCUT2D eigenvalue weighted by atomic mass is 10.1. The number of halogens is 2. The Morgan fingerprint density at radius 3 is 2.76 bits per heavy atom. The van der Waals surface area contributed by atoms with Crippen molar-refractivity contribution >= 4 is 17.5 Å². The van der Waals surface area contributed by atoms with Gasteiger partial charge in [-0.25, -0.2) is 13.8 Å². The third-order valence-corrected chi connectivity index (χ3v) is 3.69. The fourth-order valence-corrected chi connectivity index (χ4v) is 2.60. The molecule has 2 aliphatic heterocycles. The third kappa shape index (κ3) is 2.61. The van der Waals surface area contributed by atoms with Crippen molar-refractivity contribution in [1.82, 2.24) is 5.06 Å². The number of hydrogen-bond donors (Lipinski definition) is 0. The van der Waals surface area contributed by atoms with Gasteiger partial charge in [-0.3, -0.25) is 14.4 Å². The molecule has 3 rings (SSSR count). The Morgan fingerprint density at radius 1 is 1.29 bits per heavy atom. The molecular weight excluding hydrogens is 282 g/mol. The summed E-state index contributed by atoms with van der Waals surface area (Å²) in [4.78, 5) is 30.7. The molecule has 2 fully saturated rings. The summed E-state index contributed by atoms with van der Waals surface area (Å²) in [6, 6.07) is 3.26. The van der Waals surface area contributed by atoms with Crippen LogP contribution in [0.15, 0.2) is 18.2 Å². The van der Waals surface area contributed by atoms with E-state index in [4.69, 9.17) is 4.84 Å². The van der Waals surface area contributed by atoms with Crippen molar-refractivity contribution in [2.24, 2.45) is 5.92 Å². The van der Waals surface area contributed by atoms with Crippen molar-refractivity contribution in [1.29, 1.82) is 0 Å². The zero-order valence-corrected chi connectivity index (χ0v) is 11.2. The highest BCUT2D eigenvalue weighted by atomic mass is 19.2. The van der Waals surface area contributed by atoms with E-state index in [9.17, 15) is 18.4 Å². The Labute approximate surface area is 120 Å². The molecule has 112 valence electrons. The van der Waals surface area contributed by atoms with Crippen LogP contribution < -0.4 is 4.90 Å². The predicted octanol–water partition coefficient (Wildman–Crippen LogP) is 1.48. The largest absolute Gasteiger partial charge is 0.311 e. The Balaban J connectivity index is 1.74. The summed E-state index contributed by atoms with van der Waals surface area (Å²) in [5.74, 6) is -3.00. The molecule has 1 atom stereocenters. The van der Waals surface area contributed by atoms with Gasteiger partial charge in [-0.05, 0) is 18.6 Å². The first kappa shape index (κ1) is 13.9. The van der Waals surface area contributed by atoms with Crippen LogP contribution >= 0.6 is 0 Å². The molecule has 21 heavy (non-hydrogen) atoms. The summed E-state index contributed by atoms with van der Waals surface area (Å²) >= 11 is 0. The molecule has 7 heteroatoms. The minimum absolute atomic E-state index is 0.0533. The van der Waals surface area contributed by atoms with Crippen LogP contribution in [0.3, 0.4) is 0 Å². The van der Waals surface area contributed by atoms with Crippen molar-refractivity contribution in [3.8, 4) is 0 Å². The molecule has 5 nitrogen and oxygen atoms in total. The quantitative estimate of drug-likeness (QED) is 0.830. The number of benzene rings is 1. The van der Waals surface area contributed by atoms with E-state index in [0.717, 1.165) is 18.6 Å². The summed E-state index contributed by atoms with van der Waals surface area (Å²) in [6.07, 6.45) is 0.830. The van der Waals surface area contributed by atoms with Crippen molar-refractivity contribution in [3.63, 3.8) is 0 Å². The molecule has 1 aromatic rings. The number of carbonyl (C=O) groups is 2. The first-order valence-electron chi connectivity index (χ1n) is 6.76. The molecule has 2 saturated heterocycles. The molecule has 1 aromatic carbocycles. The summed E-state index contributed by atoms with van der Waals surface area (Å²) in [7, 11) is 0. The van der Waals surface area contributed by atoms with Crippen LogP contribution in [-0.2, 0) is 14.4 Å². The van der Waals surface area contributed by atoms with Crippen molar-refractivity contribution in [2.45, 2.75) is 12.8 Å². The summed E-state index contributed by atoms with van der Waals surface area (Å²) in [5, 5.41) is 1.28. The number of rotatable bonds is 2. The molecule has 0 radical (unpaired) electrons. The van der Waals surface area contributed by atoms with Crippen molar-refractivity contribution in [3.05, 3.63) is 29.8 Å². The lowest BCUT2D eigenvalue weighted by Gasteiger charge is -2.19. The zero-order chi connectivity index (χ0) is 15.0. The molecular formula is C14H14F2N2O3. The number of hydrogen-bond acceptors (Lipinski definition) is 3. The number of anilines is 1. The minimum atomic E-state index is -1.02. The molecule has 0 N–H and O–H groups in total. The highest BCUT2D eigenvalue weighted by molar-refractivity contribution is 6.00. The fourth-order valence-electron chi connectivity index (χ4n) is 2.60. The van der Waals surface area contributed by atoms with Gasteiger partial charge in [0.1, 0.15) is 0 Å². The van der Waals surface area contributed by atoms with Crippen LogP contribution in [0.5, 0.6) is 0 Å². The van der Waals surface area contributed by atoms with Gasteiger partial charge in [0.15, 0.2) is 11.6 Å². The molecule has 0 bridgehead atoms. The van der Waals surface area contributed by atoms with E-state index in [-0.39, 0.29) is 30.5 Å². The van der Waals surface area contributed by atoms with Crippen LogP contribution in [0.4, 0.5) is 14.5 Å². The maximum atomic E-state index is 13.3. The average Bonchev–Trinajstić information content (AvgIpc) is 3.10. The molecule has 2 heterocycles. The number of carbonyl (C=O) groups excluding carboxylic acids is 2. The second-order valence-corrected chi connectivity index (χ2v) is 5.13. The zero-order valence-electron chi connectivity index (χ0n) is 11.2. The van der Waals surface area contributed by atoms with Gasteiger partial charge in [0.2, 0.25) is 5.91 Å². The summed E-state index contributed by atoms with van der Waals surface area (Å²) in [5.41, 5.74) is 0.261. The Hall–Kier alpha value is -2.02. The smallest absolute Gasteiger partial charge is 0.251 e. The van der Waals surface area contributed by atoms with Gasteiger partial charge < -0.3 is 4.90 Å². The van der Waals surface area contributed by atoms with E-state index in [0.29, 0.717) is 13.2 Å². The van der Waals surface area contributed by atoms with Gasteiger partial charge in [-0.1, -0.05) is 0 Å². The molecule has 2 aliphatic rings. The Kier molecular flexibility index (Phi) is 3.59. The fraction of sp³-hybridized carbons (Fsp3) is 0.429. The van der Waals surface area contributed by atoms with Crippen LogP contribution in [0.2, 0.25) is 0 Å². The SMILES string of the molecule is O=C(C1CC(=O)N(c2ccc(F)c(F)c2)C1)N1CCCO1. The molecule has 0 spiro atoms. The second-order valence-electron chi connectivity index (χ2n) is 5.13. The maximum absolute atomic E-state index is 13.3. The predicted molar refractivity (Wildman–Crippen MR) is 69.1 cm³/mol. The van der Waals surface area contributed by atoms with Gasteiger partial charge in [0.25, 0.3) is 5.91 Å².